The number of H-pyrrole nitrogens is 1. The van der Waals surface area contributed by atoms with Crippen LogP contribution in [0.4, 0.5) is 5.82 Å². The lowest BCUT2D eigenvalue weighted by atomic mass is 10.4. The second-order valence-corrected chi connectivity index (χ2v) is 6.11. The number of aromatic nitrogens is 4. The lowest BCUT2D eigenvalue weighted by Crippen LogP contribution is -2.11. The lowest BCUT2D eigenvalue weighted by Gasteiger charge is -2.05. The average Bonchev–Trinajstić information content (AvgIpc) is 2.91. The van der Waals surface area contributed by atoms with E-state index in [4.69, 9.17) is 5.84 Å². The van der Waals surface area contributed by atoms with Gasteiger partial charge < -0.3 is 10.4 Å². The molecule has 0 spiro atoms. The third kappa shape index (κ3) is 3.04. The third-order valence-electron chi connectivity index (χ3n) is 2.69. The van der Waals surface area contributed by atoms with Crippen molar-refractivity contribution in [1.29, 1.82) is 0 Å². The van der Waals surface area contributed by atoms with Crippen molar-refractivity contribution in [3.8, 4) is 0 Å². The van der Waals surface area contributed by atoms with Gasteiger partial charge in [0.2, 0.25) is 0 Å². The van der Waals surface area contributed by atoms with Crippen LogP contribution in [0.25, 0.3) is 10.2 Å². The van der Waals surface area contributed by atoms with Crippen molar-refractivity contribution in [2.24, 2.45) is 5.84 Å². The van der Waals surface area contributed by atoms with Crippen LogP contribution in [-0.2, 0) is 5.75 Å². The summed E-state index contributed by atoms with van der Waals surface area (Å²) in [6.45, 7) is 1.78. The molecule has 0 fully saturated rings. The van der Waals surface area contributed by atoms with E-state index in [0.29, 0.717) is 28.2 Å². The Kier molecular flexibility index (Phi) is 3.86. The third-order valence-corrected chi connectivity index (χ3v) is 4.37. The lowest BCUT2D eigenvalue weighted by molar-refractivity contribution is 0.902. The Morgan fingerprint density at radius 1 is 1.43 bits per heavy atom. The minimum atomic E-state index is -0.163. The number of hydrogen-bond donors (Lipinski definition) is 3. The molecule has 108 valence electrons. The van der Waals surface area contributed by atoms with Crippen LogP contribution in [0.1, 0.15) is 11.5 Å². The predicted molar refractivity (Wildman–Crippen MR) is 84.4 cm³/mol. The SMILES string of the molecule is Cc1cc(=O)[nH]c(SCc2nc(NN)c3ccsc3n2)n1. The molecule has 7 nitrogen and oxygen atoms in total. The van der Waals surface area contributed by atoms with Crippen molar-refractivity contribution < 1.29 is 0 Å². The fourth-order valence-electron chi connectivity index (χ4n) is 1.83. The molecule has 0 unspecified atom stereocenters. The number of rotatable bonds is 4. The molecule has 0 aliphatic rings. The minimum Gasteiger partial charge on any atom is -0.308 e. The Hall–Kier alpha value is -1.97. The van der Waals surface area contributed by atoms with Crippen molar-refractivity contribution in [2.75, 3.05) is 5.43 Å². The van der Waals surface area contributed by atoms with E-state index in [2.05, 4.69) is 25.4 Å². The van der Waals surface area contributed by atoms with Gasteiger partial charge in [-0.2, -0.15) is 0 Å². The number of nitrogens with zero attached hydrogens (tertiary/aromatic N) is 3. The molecule has 0 aromatic carbocycles. The highest BCUT2D eigenvalue weighted by molar-refractivity contribution is 7.98. The van der Waals surface area contributed by atoms with E-state index in [1.54, 1.807) is 6.92 Å². The number of nitrogens with one attached hydrogen (secondary N) is 2. The second-order valence-electron chi connectivity index (χ2n) is 4.25. The van der Waals surface area contributed by atoms with Gasteiger partial charge in [-0.1, -0.05) is 11.8 Å². The van der Waals surface area contributed by atoms with Crippen LogP contribution < -0.4 is 16.8 Å². The maximum atomic E-state index is 11.4. The first kappa shape index (κ1) is 14.0. The smallest absolute Gasteiger partial charge is 0.251 e. The minimum absolute atomic E-state index is 0.163. The number of hydrazine groups is 1. The summed E-state index contributed by atoms with van der Waals surface area (Å²) in [7, 11) is 0. The summed E-state index contributed by atoms with van der Waals surface area (Å²) >= 11 is 2.90. The van der Waals surface area contributed by atoms with Crippen LogP contribution in [0.2, 0.25) is 0 Å². The Balaban J connectivity index is 1.86. The molecule has 21 heavy (non-hydrogen) atoms. The average molecular weight is 320 g/mol. The molecule has 0 atom stereocenters. The van der Waals surface area contributed by atoms with Gasteiger partial charge >= 0.3 is 0 Å². The van der Waals surface area contributed by atoms with Crippen LogP contribution in [0.5, 0.6) is 0 Å². The van der Waals surface area contributed by atoms with Gasteiger partial charge in [-0.15, -0.1) is 11.3 Å². The van der Waals surface area contributed by atoms with E-state index in [-0.39, 0.29) is 5.56 Å². The zero-order chi connectivity index (χ0) is 14.8. The van der Waals surface area contributed by atoms with E-state index < -0.39 is 0 Å². The van der Waals surface area contributed by atoms with Gasteiger partial charge in [-0.05, 0) is 18.4 Å². The molecule has 0 aliphatic heterocycles. The maximum Gasteiger partial charge on any atom is 0.251 e. The first-order valence-corrected chi connectivity index (χ1v) is 7.94. The zero-order valence-electron chi connectivity index (χ0n) is 11.1. The van der Waals surface area contributed by atoms with Gasteiger partial charge in [-0.25, -0.2) is 20.8 Å². The number of thioether (sulfide) groups is 1. The molecule has 0 bridgehead atoms. The number of aryl methyl sites for hydroxylation is 1. The number of anilines is 1. The highest BCUT2D eigenvalue weighted by Gasteiger charge is 2.09. The van der Waals surface area contributed by atoms with Crippen molar-refractivity contribution in [2.45, 2.75) is 17.8 Å². The number of aromatic amines is 1. The molecule has 0 saturated heterocycles. The Morgan fingerprint density at radius 3 is 3.05 bits per heavy atom. The van der Waals surface area contributed by atoms with Crippen LogP contribution in [0.3, 0.4) is 0 Å². The Bertz CT molecular complexity index is 843. The molecular weight excluding hydrogens is 308 g/mol. The summed E-state index contributed by atoms with van der Waals surface area (Å²) in [5.74, 6) is 7.21. The van der Waals surface area contributed by atoms with Crippen molar-refractivity contribution in [1.82, 2.24) is 19.9 Å². The molecule has 3 rings (SSSR count). The van der Waals surface area contributed by atoms with Crippen LogP contribution >= 0.6 is 23.1 Å². The fraction of sp³-hybridized carbons (Fsp3) is 0.167. The molecule has 3 heterocycles. The van der Waals surface area contributed by atoms with Gasteiger partial charge in [0, 0.05) is 11.8 Å². The molecule has 3 aromatic rings. The normalized spacial score (nSPS) is 11.0. The summed E-state index contributed by atoms with van der Waals surface area (Å²) < 4.78 is 0. The van der Waals surface area contributed by atoms with Gasteiger partial charge in [0.1, 0.15) is 10.7 Å². The molecule has 3 aromatic heterocycles. The summed E-state index contributed by atoms with van der Waals surface area (Å²) in [5, 5.41) is 3.40. The number of nitrogens with two attached hydrogens (primary N) is 1. The zero-order valence-corrected chi connectivity index (χ0v) is 12.7. The van der Waals surface area contributed by atoms with Crippen LogP contribution in [0.15, 0.2) is 27.5 Å². The summed E-state index contributed by atoms with van der Waals surface area (Å²) in [4.78, 5) is 28.1. The van der Waals surface area contributed by atoms with Crippen molar-refractivity contribution >= 4 is 39.1 Å². The number of fused-ring (bicyclic) bond motifs is 1. The van der Waals surface area contributed by atoms with Gasteiger partial charge in [0.15, 0.2) is 11.0 Å². The predicted octanol–water partition coefficient (Wildman–Crippen LogP) is 1.66. The van der Waals surface area contributed by atoms with Gasteiger partial charge in [-0.3, -0.25) is 4.79 Å². The first-order valence-electron chi connectivity index (χ1n) is 6.07. The molecule has 0 aliphatic carbocycles. The number of hydrogen-bond acceptors (Lipinski definition) is 8. The molecule has 0 saturated carbocycles. The van der Waals surface area contributed by atoms with Gasteiger partial charge in [0.25, 0.3) is 5.56 Å². The summed E-state index contributed by atoms with van der Waals surface area (Å²) in [6.07, 6.45) is 0. The topological polar surface area (TPSA) is 110 Å². The van der Waals surface area contributed by atoms with E-state index in [0.717, 1.165) is 10.2 Å². The monoisotopic (exact) mass is 320 g/mol. The molecule has 0 amide bonds. The quantitative estimate of drug-likeness (QED) is 0.290. The van der Waals surface area contributed by atoms with E-state index in [1.165, 1.54) is 29.2 Å². The number of nitrogen functional groups attached to an aromatic ring is 1. The highest BCUT2D eigenvalue weighted by atomic mass is 32.2. The second kappa shape index (κ2) is 5.80. The highest BCUT2D eigenvalue weighted by Crippen LogP contribution is 2.26. The van der Waals surface area contributed by atoms with Gasteiger partial charge in [0.05, 0.1) is 11.1 Å². The standard InChI is InChI=1S/C12H12N6OS2/c1-6-4-9(19)17-12(14-6)21-5-8-15-10(18-13)7-2-3-20-11(7)16-8/h2-4H,5,13H2,1H3,(H,14,17,19)(H,15,16,18). The van der Waals surface area contributed by atoms with E-state index in [1.807, 2.05) is 11.4 Å². The van der Waals surface area contributed by atoms with Crippen molar-refractivity contribution in [3.05, 3.63) is 39.4 Å². The van der Waals surface area contributed by atoms with E-state index in [9.17, 15) is 4.79 Å². The molecule has 0 radical (unpaired) electrons. The fourth-order valence-corrected chi connectivity index (χ4v) is 3.39. The number of thiophene rings is 1. The van der Waals surface area contributed by atoms with Crippen molar-refractivity contribution in [3.63, 3.8) is 0 Å². The van der Waals surface area contributed by atoms with E-state index >= 15 is 0 Å². The summed E-state index contributed by atoms with van der Waals surface area (Å²) in [6, 6.07) is 3.38. The largest absolute Gasteiger partial charge is 0.308 e. The summed E-state index contributed by atoms with van der Waals surface area (Å²) in [5.41, 5.74) is 3.10. The van der Waals surface area contributed by atoms with Crippen LogP contribution in [0, 0.1) is 6.92 Å². The molecule has 4 N–H and O–H groups in total. The Labute approximate surface area is 128 Å². The first-order chi connectivity index (χ1) is 10.2. The Morgan fingerprint density at radius 2 is 2.29 bits per heavy atom. The van der Waals surface area contributed by atoms with Crippen LogP contribution in [-0.4, -0.2) is 19.9 Å². The maximum absolute atomic E-state index is 11.4. The molecule has 9 heteroatoms. The molecular formula is C12H12N6OS2.